The number of anilines is 1. The summed E-state index contributed by atoms with van der Waals surface area (Å²) in [6, 6.07) is 13.8. The van der Waals surface area contributed by atoms with Crippen LogP contribution < -0.4 is 10.6 Å². The zero-order valence-electron chi connectivity index (χ0n) is 20.7. The van der Waals surface area contributed by atoms with Gasteiger partial charge in [0.1, 0.15) is 28.2 Å². The lowest BCUT2D eigenvalue weighted by atomic mass is 10.0. The van der Waals surface area contributed by atoms with Gasteiger partial charge in [-0.1, -0.05) is 49.0 Å². The summed E-state index contributed by atoms with van der Waals surface area (Å²) in [4.78, 5) is 23.9. The Kier molecular flexibility index (Phi) is 9.50. The fourth-order valence-corrected chi connectivity index (χ4v) is 5.38. The number of nitriles is 2. The molecule has 1 aromatic carbocycles. The Bertz CT molecular complexity index is 1100. The average Bonchev–Trinajstić information content (AvgIpc) is 2.86. The zero-order chi connectivity index (χ0) is 25.4. The van der Waals surface area contributed by atoms with E-state index in [1.54, 1.807) is 0 Å². The van der Waals surface area contributed by atoms with E-state index in [9.17, 15) is 15.3 Å². The van der Waals surface area contributed by atoms with Crippen LogP contribution in [-0.4, -0.2) is 74.1 Å². The molecule has 1 saturated heterocycles. The average molecular weight is 492 g/mol. The minimum Gasteiger partial charge on any atom is -0.368 e. The minimum absolute atomic E-state index is 0.349. The lowest BCUT2D eigenvalue weighted by Gasteiger charge is -2.36. The van der Waals surface area contributed by atoms with Crippen molar-refractivity contribution in [1.82, 2.24) is 14.8 Å². The minimum atomic E-state index is -0.685. The van der Waals surface area contributed by atoms with Crippen LogP contribution in [0.25, 0.3) is 0 Å². The fraction of sp³-hybridized carbons (Fsp3) is 0.462. The Morgan fingerprint density at radius 3 is 2.34 bits per heavy atom. The van der Waals surface area contributed by atoms with Crippen LogP contribution in [0.1, 0.15) is 40.8 Å². The van der Waals surface area contributed by atoms with Crippen molar-refractivity contribution in [2.75, 3.05) is 58.3 Å². The van der Waals surface area contributed by atoms with Gasteiger partial charge in [0.25, 0.3) is 0 Å². The Morgan fingerprint density at radius 2 is 1.80 bits per heavy atom. The summed E-state index contributed by atoms with van der Waals surface area (Å²) in [6.45, 7) is 7.30. The SMILES string of the molecule is CCc1c(C#N)c(SC(C(N)=O)c2ccccc2)nc(N2CCN(CCCN(C)C)CC2)c1C#N. The first kappa shape index (κ1) is 26.5. The molecule has 0 radical (unpaired) electrons. The van der Waals surface area contributed by atoms with Crippen molar-refractivity contribution in [1.29, 1.82) is 10.5 Å². The number of hydrogen-bond acceptors (Lipinski definition) is 8. The van der Waals surface area contributed by atoms with E-state index < -0.39 is 11.2 Å². The van der Waals surface area contributed by atoms with Crippen LogP contribution >= 0.6 is 11.8 Å². The number of amides is 1. The molecule has 1 unspecified atom stereocenters. The van der Waals surface area contributed by atoms with Gasteiger partial charge in [-0.05, 0) is 51.2 Å². The number of benzene rings is 1. The third-order valence-electron chi connectivity index (χ3n) is 6.17. The third kappa shape index (κ3) is 6.52. The summed E-state index contributed by atoms with van der Waals surface area (Å²) in [7, 11) is 4.17. The van der Waals surface area contributed by atoms with Crippen molar-refractivity contribution < 1.29 is 4.79 Å². The smallest absolute Gasteiger partial charge is 0.235 e. The van der Waals surface area contributed by atoms with Crippen LogP contribution in [0, 0.1) is 22.7 Å². The molecule has 184 valence electrons. The van der Waals surface area contributed by atoms with Crippen LogP contribution in [0.3, 0.4) is 0 Å². The quantitative estimate of drug-likeness (QED) is 0.505. The van der Waals surface area contributed by atoms with Gasteiger partial charge in [-0.3, -0.25) is 9.69 Å². The summed E-state index contributed by atoms with van der Waals surface area (Å²) in [5, 5.41) is 19.8. The van der Waals surface area contributed by atoms with Crippen LogP contribution in [0.4, 0.5) is 5.82 Å². The van der Waals surface area contributed by atoms with E-state index in [1.165, 1.54) is 11.8 Å². The highest BCUT2D eigenvalue weighted by Crippen LogP contribution is 2.39. The van der Waals surface area contributed by atoms with Gasteiger partial charge in [-0.2, -0.15) is 10.5 Å². The fourth-order valence-electron chi connectivity index (χ4n) is 4.32. The monoisotopic (exact) mass is 491 g/mol. The number of piperazine rings is 1. The van der Waals surface area contributed by atoms with Gasteiger partial charge in [0.15, 0.2) is 0 Å². The van der Waals surface area contributed by atoms with Crippen molar-refractivity contribution in [3.8, 4) is 12.1 Å². The van der Waals surface area contributed by atoms with Crippen molar-refractivity contribution in [3.63, 3.8) is 0 Å². The van der Waals surface area contributed by atoms with Crippen LogP contribution in [0.15, 0.2) is 35.4 Å². The van der Waals surface area contributed by atoms with E-state index in [0.29, 0.717) is 34.0 Å². The summed E-state index contributed by atoms with van der Waals surface area (Å²) in [5.74, 6) is 0.0947. The van der Waals surface area contributed by atoms with Gasteiger partial charge in [0, 0.05) is 26.2 Å². The molecular formula is C26H33N7OS. The van der Waals surface area contributed by atoms with Gasteiger partial charge in [-0.25, -0.2) is 4.98 Å². The highest BCUT2D eigenvalue weighted by molar-refractivity contribution is 8.00. The predicted molar refractivity (Wildman–Crippen MR) is 139 cm³/mol. The van der Waals surface area contributed by atoms with E-state index in [1.807, 2.05) is 37.3 Å². The van der Waals surface area contributed by atoms with Crippen molar-refractivity contribution in [3.05, 3.63) is 52.6 Å². The molecular weight excluding hydrogens is 458 g/mol. The number of nitrogens with zero attached hydrogens (tertiary/aromatic N) is 6. The Labute approximate surface area is 212 Å². The molecule has 8 nitrogen and oxygen atoms in total. The standard InChI is InChI=1S/C26H33N7OS/c1-4-20-21(17-27)25(33-15-13-32(14-16-33)12-8-11-31(2)3)30-26(22(20)18-28)35-23(24(29)34)19-9-6-5-7-10-19/h5-7,9-10,23H,4,8,11-16H2,1-3H3,(H2,29,34). The Morgan fingerprint density at radius 1 is 1.14 bits per heavy atom. The number of primary amides is 1. The van der Waals surface area contributed by atoms with Crippen molar-refractivity contribution in [2.24, 2.45) is 5.73 Å². The van der Waals surface area contributed by atoms with Gasteiger partial charge in [-0.15, -0.1) is 0 Å². The molecule has 0 spiro atoms. The molecule has 1 fully saturated rings. The summed E-state index contributed by atoms with van der Waals surface area (Å²) in [5.41, 5.74) is 7.97. The molecule has 9 heteroatoms. The van der Waals surface area contributed by atoms with Gasteiger partial charge >= 0.3 is 0 Å². The van der Waals surface area contributed by atoms with E-state index >= 15 is 0 Å². The number of carbonyl (C=O) groups excluding carboxylic acids is 1. The second-order valence-corrected chi connectivity index (χ2v) is 9.94. The van der Waals surface area contributed by atoms with Crippen molar-refractivity contribution in [2.45, 2.75) is 30.0 Å². The van der Waals surface area contributed by atoms with Gasteiger partial charge < -0.3 is 15.5 Å². The molecule has 2 aromatic rings. The number of aromatic nitrogens is 1. The molecule has 1 aliphatic rings. The van der Waals surface area contributed by atoms with E-state index in [0.717, 1.165) is 51.3 Å². The topological polar surface area (TPSA) is 113 Å². The summed E-state index contributed by atoms with van der Waals surface area (Å²) in [6.07, 6.45) is 1.63. The highest BCUT2D eigenvalue weighted by atomic mass is 32.2. The third-order valence-corrected chi connectivity index (χ3v) is 7.43. The molecule has 2 N–H and O–H groups in total. The molecule has 0 saturated carbocycles. The molecule has 1 aromatic heterocycles. The number of hydrogen-bond donors (Lipinski definition) is 1. The number of rotatable bonds is 10. The number of nitrogens with two attached hydrogens (primary N) is 1. The molecule has 1 aliphatic heterocycles. The molecule has 35 heavy (non-hydrogen) atoms. The lowest BCUT2D eigenvalue weighted by Crippen LogP contribution is -2.47. The number of pyridine rings is 1. The maximum absolute atomic E-state index is 12.4. The van der Waals surface area contributed by atoms with Crippen LogP contribution in [0.5, 0.6) is 0 Å². The number of thioether (sulfide) groups is 1. The van der Waals surface area contributed by atoms with Crippen LogP contribution in [0.2, 0.25) is 0 Å². The second kappa shape index (κ2) is 12.6. The maximum Gasteiger partial charge on any atom is 0.235 e. The first-order valence-electron chi connectivity index (χ1n) is 11.9. The molecule has 1 atom stereocenters. The Hall–Kier alpha value is -3.11. The molecule has 0 bridgehead atoms. The maximum atomic E-state index is 12.4. The lowest BCUT2D eigenvalue weighted by molar-refractivity contribution is -0.117. The Balaban J connectivity index is 1.92. The zero-order valence-corrected chi connectivity index (χ0v) is 21.5. The van der Waals surface area contributed by atoms with Gasteiger partial charge in [0.2, 0.25) is 5.91 Å². The van der Waals surface area contributed by atoms with Crippen molar-refractivity contribution >= 4 is 23.5 Å². The molecule has 2 heterocycles. The molecule has 3 rings (SSSR count). The predicted octanol–water partition coefficient (Wildman–Crippen LogP) is 2.78. The highest BCUT2D eigenvalue weighted by Gasteiger charge is 2.28. The van der Waals surface area contributed by atoms with Crippen LogP contribution in [-0.2, 0) is 11.2 Å². The summed E-state index contributed by atoms with van der Waals surface area (Å²) >= 11 is 1.18. The largest absolute Gasteiger partial charge is 0.368 e. The molecule has 0 aliphatic carbocycles. The normalized spacial score (nSPS) is 15.0. The van der Waals surface area contributed by atoms with E-state index in [2.05, 4.69) is 40.9 Å². The second-order valence-electron chi connectivity index (χ2n) is 8.84. The van der Waals surface area contributed by atoms with E-state index in [-0.39, 0.29) is 0 Å². The van der Waals surface area contributed by atoms with E-state index in [4.69, 9.17) is 10.7 Å². The first-order valence-corrected chi connectivity index (χ1v) is 12.8. The summed E-state index contributed by atoms with van der Waals surface area (Å²) < 4.78 is 0. The number of carbonyl (C=O) groups is 1. The molecule has 1 amide bonds. The van der Waals surface area contributed by atoms with Gasteiger partial charge in [0.05, 0.1) is 11.1 Å². The first-order chi connectivity index (χ1) is 16.9.